The van der Waals surface area contributed by atoms with Gasteiger partial charge in [-0.05, 0) is 41.8 Å². The van der Waals surface area contributed by atoms with E-state index in [1.54, 1.807) is 11.8 Å². The van der Waals surface area contributed by atoms with Crippen molar-refractivity contribution in [1.29, 1.82) is 0 Å². The number of hydrogen-bond acceptors (Lipinski definition) is 3. The third-order valence-corrected chi connectivity index (χ3v) is 6.02. The molecular formula is C24H23N3OS. The molecule has 0 spiro atoms. The zero-order chi connectivity index (χ0) is 20.1. The monoisotopic (exact) mass is 401 g/mol. The largest absolute Gasteiger partial charge is 0.351 e. The molecule has 1 amide bonds. The van der Waals surface area contributed by atoms with Crippen LogP contribution in [-0.2, 0) is 17.9 Å². The first-order chi connectivity index (χ1) is 14.2. The van der Waals surface area contributed by atoms with E-state index in [9.17, 15) is 4.79 Å². The molecule has 0 atom stereocenters. The summed E-state index contributed by atoms with van der Waals surface area (Å²) in [5.74, 6) is 0.476. The van der Waals surface area contributed by atoms with Gasteiger partial charge in [0, 0.05) is 18.0 Å². The molecule has 3 aromatic carbocycles. The average molecular weight is 402 g/mol. The lowest BCUT2D eigenvalue weighted by atomic mass is 10.1. The Morgan fingerprint density at radius 1 is 0.966 bits per heavy atom. The molecule has 0 saturated carbocycles. The highest BCUT2D eigenvalue weighted by molar-refractivity contribution is 8.00. The van der Waals surface area contributed by atoms with Gasteiger partial charge in [0.1, 0.15) is 0 Å². The quantitative estimate of drug-likeness (QED) is 0.453. The number of amides is 1. The Bertz CT molecular complexity index is 1120. The van der Waals surface area contributed by atoms with E-state index in [1.165, 1.54) is 11.1 Å². The van der Waals surface area contributed by atoms with E-state index in [0.717, 1.165) is 28.0 Å². The van der Waals surface area contributed by atoms with Crippen LogP contribution in [-0.4, -0.2) is 21.2 Å². The zero-order valence-corrected chi connectivity index (χ0v) is 17.2. The number of nitrogens with zero attached hydrogens (tertiary/aromatic N) is 2. The molecular weight excluding hydrogens is 378 g/mol. The van der Waals surface area contributed by atoms with Crippen LogP contribution in [0.15, 0.2) is 84.0 Å². The van der Waals surface area contributed by atoms with Gasteiger partial charge in [0.25, 0.3) is 0 Å². The van der Waals surface area contributed by atoms with Crippen LogP contribution < -0.4 is 5.32 Å². The van der Waals surface area contributed by atoms with Crippen molar-refractivity contribution < 1.29 is 4.79 Å². The molecule has 0 fully saturated rings. The Morgan fingerprint density at radius 2 is 1.69 bits per heavy atom. The maximum absolute atomic E-state index is 12.2. The van der Waals surface area contributed by atoms with Gasteiger partial charge in [-0.25, -0.2) is 4.98 Å². The summed E-state index contributed by atoms with van der Waals surface area (Å²) in [6.45, 7) is 3.38. The number of benzene rings is 3. The van der Waals surface area contributed by atoms with Crippen LogP contribution in [0.4, 0.5) is 0 Å². The van der Waals surface area contributed by atoms with E-state index >= 15 is 0 Å². The molecule has 1 aromatic heterocycles. The lowest BCUT2D eigenvalue weighted by Gasteiger charge is -2.08. The number of carbonyl (C=O) groups excluding carboxylic acids is 1. The van der Waals surface area contributed by atoms with Gasteiger partial charge in [0.2, 0.25) is 5.91 Å². The highest BCUT2D eigenvalue weighted by atomic mass is 32.2. The number of thioether (sulfide) groups is 1. The Labute approximate surface area is 175 Å². The molecule has 0 aliphatic rings. The summed E-state index contributed by atoms with van der Waals surface area (Å²) in [5, 5.41) is 3.00. The number of fused-ring (bicyclic) bond motifs is 1. The molecule has 0 radical (unpaired) electrons. The van der Waals surface area contributed by atoms with Gasteiger partial charge in [-0.3, -0.25) is 4.79 Å². The van der Waals surface area contributed by atoms with Gasteiger partial charge in [0.15, 0.2) is 0 Å². The van der Waals surface area contributed by atoms with E-state index in [1.807, 2.05) is 36.7 Å². The van der Waals surface area contributed by atoms with Gasteiger partial charge >= 0.3 is 0 Å². The minimum Gasteiger partial charge on any atom is -0.351 e. The highest BCUT2D eigenvalue weighted by Gasteiger charge is 2.06. The number of para-hydroxylation sites is 2. The molecule has 146 valence electrons. The molecule has 4 rings (SSSR count). The predicted molar refractivity (Wildman–Crippen MR) is 119 cm³/mol. The van der Waals surface area contributed by atoms with E-state index in [4.69, 9.17) is 0 Å². The van der Waals surface area contributed by atoms with Crippen molar-refractivity contribution >= 4 is 28.7 Å². The fourth-order valence-corrected chi connectivity index (χ4v) is 4.07. The number of hydrogen-bond donors (Lipinski definition) is 1. The van der Waals surface area contributed by atoms with Crippen molar-refractivity contribution in [3.8, 4) is 0 Å². The summed E-state index contributed by atoms with van der Waals surface area (Å²) < 4.78 is 2.15. The van der Waals surface area contributed by atoms with E-state index in [2.05, 4.69) is 64.3 Å². The smallest absolute Gasteiger partial charge is 0.230 e. The van der Waals surface area contributed by atoms with Crippen LogP contribution in [0.25, 0.3) is 11.0 Å². The van der Waals surface area contributed by atoms with E-state index < -0.39 is 0 Å². The summed E-state index contributed by atoms with van der Waals surface area (Å²) in [5.41, 5.74) is 5.65. The van der Waals surface area contributed by atoms with Crippen molar-refractivity contribution in [3.63, 3.8) is 0 Å². The van der Waals surface area contributed by atoms with Crippen molar-refractivity contribution in [2.75, 3.05) is 5.75 Å². The van der Waals surface area contributed by atoms with E-state index in [0.29, 0.717) is 12.3 Å². The minimum atomic E-state index is 0.0483. The second-order valence-electron chi connectivity index (χ2n) is 7.01. The molecule has 1 heterocycles. The fourth-order valence-electron chi connectivity index (χ4n) is 3.21. The third-order valence-electron chi connectivity index (χ3n) is 4.85. The minimum absolute atomic E-state index is 0.0483. The van der Waals surface area contributed by atoms with Crippen molar-refractivity contribution in [2.45, 2.75) is 24.9 Å². The number of aryl methyl sites for hydroxylation is 1. The van der Waals surface area contributed by atoms with Crippen LogP contribution in [0.3, 0.4) is 0 Å². The van der Waals surface area contributed by atoms with Gasteiger partial charge in [-0.1, -0.05) is 54.6 Å². The lowest BCUT2D eigenvalue weighted by Crippen LogP contribution is -2.24. The maximum atomic E-state index is 12.2. The average Bonchev–Trinajstić information content (AvgIpc) is 3.15. The Hall–Kier alpha value is -3.05. The predicted octanol–water partition coefficient (Wildman–Crippen LogP) is 4.80. The number of carbonyl (C=O) groups is 1. The second kappa shape index (κ2) is 8.97. The lowest BCUT2D eigenvalue weighted by molar-refractivity contribution is -0.118. The summed E-state index contributed by atoms with van der Waals surface area (Å²) in [6, 6.07) is 24.6. The number of imidazole rings is 1. The normalized spacial score (nSPS) is 10.9. The van der Waals surface area contributed by atoms with Gasteiger partial charge < -0.3 is 9.88 Å². The first-order valence-electron chi connectivity index (χ1n) is 9.62. The third kappa shape index (κ3) is 4.87. The van der Waals surface area contributed by atoms with Crippen molar-refractivity contribution in [2.24, 2.45) is 0 Å². The molecule has 0 saturated heterocycles. The number of aromatic nitrogens is 2. The van der Waals surface area contributed by atoms with Crippen LogP contribution in [0.1, 0.15) is 16.7 Å². The Morgan fingerprint density at radius 3 is 2.52 bits per heavy atom. The van der Waals surface area contributed by atoms with Crippen LogP contribution in [0.5, 0.6) is 0 Å². The number of nitrogens with one attached hydrogen (secondary N) is 1. The Balaban J connectivity index is 1.29. The summed E-state index contributed by atoms with van der Waals surface area (Å²) >= 11 is 1.57. The number of rotatable bonds is 7. The highest BCUT2D eigenvalue weighted by Crippen LogP contribution is 2.21. The molecule has 4 aromatic rings. The SMILES string of the molecule is Cc1ccccc1SCC(=O)NCc1ccc(Cn2cnc3ccccc32)cc1. The molecule has 0 aliphatic heterocycles. The topological polar surface area (TPSA) is 46.9 Å². The summed E-state index contributed by atoms with van der Waals surface area (Å²) in [6.07, 6.45) is 1.88. The molecule has 4 nitrogen and oxygen atoms in total. The van der Waals surface area contributed by atoms with Crippen LogP contribution in [0.2, 0.25) is 0 Å². The van der Waals surface area contributed by atoms with E-state index in [-0.39, 0.29) is 5.91 Å². The van der Waals surface area contributed by atoms with Gasteiger partial charge in [0.05, 0.1) is 23.1 Å². The standard InChI is InChI=1S/C24H23N3OS/c1-18-6-2-5-9-23(18)29-16-24(28)25-14-19-10-12-20(13-11-19)15-27-17-26-21-7-3-4-8-22(21)27/h2-13,17H,14-16H2,1H3,(H,25,28). The maximum Gasteiger partial charge on any atom is 0.230 e. The van der Waals surface area contributed by atoms with Gasteiger partial charge in [-0.15, -0.1) is 11.8 Å². The van der Waals surface area contributed by atoms with Crippen molar-refractivity contribution in [3.05, 3.63) is 95.8 Å². The summed E-state index contributed by atoms with van der Waals surface area (Å²) in [7, 11) is 0. The first-order valence-corrected chi connectivity index (χ1v) is 10.6. The molecule has 0 bridgehead atoms. The zero-order valence-electron chi connectivity index (χ0n) is 16.3. The van der Waals surface area contributed by atoms with Crippen LogP contribution in [0, 0.1) is 6.92 Å². The molecule has 29 heavy (non-hydrogen) atoms. The summed E-state index contributed by atoms with van der Waals surface area (Å²) in [4.78, 5) is 17.8. The fraction of sp³-hybridized carbons (Fsp3) is 0.167. The molecule has 1 N–H and O–H groups in total. The molecule has 0 aliphatic carbocycles. The van der Waals surface area contributed by atoms with Gasteiger partial charge in [-0.2, -0.15) is 0 Å². The molecule has 5 heteroatoms. The second-order valence-corrected chi connectivity index (χ2v) is 8.03. The van der Waals surface area contributed by atoms with Crippen molar-refractivity contribution in [1.82, 2.24) is 14.9 Å². The van der Waals surface area contributed by atoms with Crippen LogP contribution >= 0.6 is 11.8 Å². The first kappa shape index (κ1) is 19.3. The molecule has 0 unspecified atom stereocenters. The Kier molecular flexibility index (Phi) is 5.96.